The Kier molecular flexibility index (Phi) is 4.06. The molecule has 102 valence electrons. The van der Waals surface area contributed by atoms with Crippen LogP contribution < -0.4 is 4.74 Å². The van der Waals surface area contributed by atoms with Gasteiger partial charge in [-0.25, -0.2) is 4.79 Å². The maximum atomic E-state index is 10.9. The second kappa shape index (κ2) is 5.93. The summed E-state index contributed by atoms with van der Waals surface area (Å²) in [6.07, 6.45) is 1.90. The third kappa shape index (κ3) is 2.64. The van der Waals surface area contributed by atoms with Crippen LogP contribution >= 0.6 is 0 Å². The van der Waals surface area contributed by atoms with Crippen molar-refractivity contribution in [2.45, 2.75) is 13.3 Å². The van der Waals surface area contributed by atoms with Crippen molar-refractivity contribution in [1.29, 1.82) is 5.26 Å². The first-order valence-corrected chi connectivity index (χ1v) is 6.14. The zero-order chi connectivity index (χ0) is 14.5. The number of benzene rings is 1. The highest BCUT2D eigenvalue weighted by Gasteiger charge is 2.14. The molecule has 0 amide bonds. The van der Waals surface area contributed by atoms with Crippen molar-refractivity contribution in [1.82, 2.24) is 0 Å². The lowest BCUT2D eigenvalue weighted by Gasteiger charge is -2.02. The highest BCUT2D eigenvalue weighted by molar-refractivity contribution is 5.87. The van der Waals surface area contributed by atoms with Gasteiger partial charge in [0.2, 0.25) is 5.76 Å². The normalized spacial score (nSPS) is 11.3. The molecule has 1 aromatic carbocycles. The van der Waals surface area contributed by atoms with Crippen molar-refractivity contribution in [2.24, 2.45) is 0 Å². The van der Waals surface area contributed by atoms with Crippen LogP contribution in [-0.4, -0.2) is 17.7 Å². The van der Waals surface area contributed by atoms with Crippen molar-refractivity contribution in [2.75, 3.05) is 6.61 Å². The van der Waals surface area contributed by atoms with Crippen molar-refractivity contribution in [3.05, 3.63) is 41.7 Å². The minimum atomic E-state index is -0.964. The highest BCUT2D eigenvalue weighted by atomic mass is 16.5. The van der Waals surface area contributed by atoms with E-state index in [1.807, 2.05) is 12.1 Å². The third-order valence-electron chi connectivity index (χ3n) is 2.86. The van der Waals surface area contributed by atoms with Gasteiger partial charge in [0.15, 0.2) is 5.75 Å². The Balaban J connectivity index is 2.26. The Labute approximate surface area is 115 Å². The fourth-order valence-electron chi connectivity index (χ4n) is 1.85. The maximum absolute atomic E-state index is 10.9. The number of carboxylic acids is 1. The SMILES string of the molecule is CC/C(=C/COc1c(C#N)oc2ccccc12)C(=O)O. The molecule has 0 radical (unpaired) electrons. The molecule has 1 heterocycles. The highest BCUT2D eigenvalue weighted by Crippen LogP contribution is 2.32. The van der Waals surface area contributed by atoms with E-state index < -0.39 is 5.97 Å². The first-order chi connectivity index (χ1) is 9.67. The molecule has 1 aromatic heterocycles. The van der Waals surface area contributed by atoms with Gasteiger partial charge in [-0.1, -0.05) is 19.1 Å². The zero-order valence-corrected chi connectivity index (χ0v) is 10.9. The quantitative estimate of drug-likeness (QED) is 0.845. The minimum absolute atomic E-state index is 0.0771. The average molecular weight is 271 g/mol. The fraction of sp³-hybridized carbons (Fsp3) is 0.200. The molecule has 0 aliphatic rings. The Morgan fingerprint density at radius 1 is 1.50 bits per heavy atom. The molecular formula is C15H13NO4. The molecule has 0 unspecified atom stereocenters. The predicted octanol–water partition coefficient (Wildman–Crippen LogP) is 3.10. The number of aliphatic carboxylic acids is 1. The minimum Gasteiger partial charge on any atom is -0.484 e. The molecule has 0 saturated heterocycles. The van der Waals surface area contributed by atoms with Crippen LogP contribution in [0.2, 0.25) is 0 Å². The van der Waals surface area contributed by atoms with E-state index in [0.717, 1.165) is 0 Å². The summed E-state index contributed by atoms with van der Waals surface area (Å²) in [5.41, 5.74) is 0.841. The smallest absolute Gasteiger partial charge is 0.331 e. The number of furan rings is 1. The van der Waals surface area contributed by atoms with Gasteiger partial charge >= 0.3 is 5.97 Å². The number of nitriles is 1. The number of hydrogen-bond donors (Lipinski definition) is 1. The lowest BCUT2D eigenvalue weighted by molar-refractivity contribution is -0.132. The van der Waals surface area contributed by atoms with Gasteiger partial charge < -0.3 is 14.3 Å². The molecule has 0 aliphatic heterocycles. The summed E-state index contributed by atoms with van der Waals surface area (Å²) in [5, 5.41) is 18.6. The van der Waals surface area contributed by atoms with E-state index in [1.54, 1.807) is 25.1 Å². The van der Waals surface area contributed by atoms with Crippen LogP contribution in [0, 0.1) is 11.3 Å². The lowest BCUT2D eigenvalue weighted by Crippen LogP contribution is -2.03. The first kappa shape index (κ1) is 13.7. The summed E-state index contributed by atoms with van der Waals surface area (Å²) in [6.45, 7) is 1.83. The van der Waals surface area contributed by atoms with Gasteiger partial charge in [0.1, 0.15) is 18.3 Å². The summed E-state index contributed by atoms with van der Waals surface area (Å²) in [5.74, 6) is -0.526. The van der Waals surface area contributed by atoms with Crippen LogP contribution in [0.5, 0.6) is 5.75 Å². The van der Waals surface area contributed by atoms with E-state index in [-0.39, 0.29) is 17.9 Å². The number of carboxylic acid groups (broad SMARTS) is 1. The molecular weight excluding hydrogens is 258 g/mol. The van der Waals surface area contributed by atoms with Gasteiger partial charge in [0, 0.05) is 5.57 Å². The van der Waals surface area contributed by atoms with E-state index in [9.17, 15) is 4.79 Å². The Bertz CT molecular complexity index is 706. The molecule has 0 atom stereocenters. The number of ether oxygens (including phenoxy) is 1. The summed E-state index contributed by atoms with van der Waals surface area (Å²) in [6, 6.07) is 9.08. The Morgan fingerprint density at radius 3 is 2.90 bits per heavy atom. The van der Waals surface area contributed by atoms with E-state index in [2.05, 4.69) is 0 Å². The van der Waals surface area contributed by atoms with Crippen LogP contribution in [0.25, 0.3) is 11.0 Å². The summed E-state index contributed by atoms with van der Waals surface area (Å²) >= 11 is 0. The van der Waals surface area contributed by atoms with Crippen LogP contribution in [0.15, 0.2) is 40.3 Å². The molecule has 0 spiro atoms. The molecule has 20 heavy (non-hydrogen) atoms. The first-order valence-electron chi connectivity index (χ1n) is 6.14. The number of para-hydroxylation sites is 1. The zero-order valence-electron chi connectivity index (χ0n) is 10.9. The van der Waals surface area contributed by atoms with Crippen LogP contribution in [0.4, 0.5) is 0 Å². The topological polar surface area (TPSA) is 83.5 Å². The largest absolute Gasteiger partial charge is 0.484 e. The summed E-state index contributed by atoms with van der Waals surface area (Å²) in [4.78, 5) is 10.9. The van der Waals surface area contributed by atoms with E-state index in [0.29, 0.717) is 23.1 Å². The van der Waals surface area contributed by atoms with E-state index in [4.69, 9.17) is 19.5 Å². The third-order valence-corrected chi connectivity index (χ3v) is 2.86. The lowest BCUT2D eigenvalue weighted by atomic mass is 10.2. The number of nitrogens with zero attached hydrogens (tertiary/aromatic N) is 1. The molecule has 2 aromatic rings. The number of fused-ring (bicyclic) bond motifs is 1. The molecule has 0 fully saturated rings. The van der Waals surface area contributed by atoms with E-state index in [1.165, 1.54) is 6.08 Å². The van der Waals surface area contributed by atoms with Gasteiger partial charge in [-0.05, 0) is 24.6 Å². The fourth-order valence-corrected chi connectivity index (χ4v) is 1.85. The standard InChI is InChI=1S/C15H13NO4/c1-2-10(15(17)18)7-8-19-14-11-5-3-4-6-12(11)20-13(14)9-16/h3-7H,2,8H2,1H3,(H,17,18)/b10-7-. The van der Waals surface area contributed by atoms with Crippen LogP contribution in [0.3, 0.4) is 0 Å². The predicted molar refractivity (Wildman–Crippen MR) is 72.4 cm³/mol. The van der Waals surface area contributed by atoms with Crippen molar-refractivity contribution < 1.29 is 19.1 Å². The molecule has 0 aliphatic carbocycles. The number of carbonyl (C=O) groups is 1. The monoisotopic (exact) mass is 271 g/mol. The maximum Gasteiger partial charge on any atom is 0.331 e. The molecule has 1 N–H and O–H groups in total. The van der Waals surface area contributed by atoms with Gasteiger partial charge in [-0.2, -0.15) is 5.26 Å². The molecule has 5 nitrogen and oxygen atoms in total. The van der Waals surface area contributed by atoms with Gasteiger partial charge in [-0.3, -0.25) is 0 Å². The summed E-state index contributed by atoms with van der Waals surface area (Å²) < 4.78 is 10.9. The Morgan fingerprint density at radius 2 is 2.25 bits per heavy atom. The molecule has 5 heteroatoms. The van der Waals surface area contributed by atoms with E-state index >= 15 is 0 Å². The Hall–Kier alpha value is -2.74. The van der Waals surface area contributed by atoms with Gasteiger partial charge in [0.25, 0.3) is 0 Å². The van der Waals surface area contributed by atoms with Gasteiger partial charge in [-0.15, -0.1) is 0 Å². The average Bonchev–Trinajstić information content (AvgIpc) is 2.81. The molecule has 2 rings (SSSR count). The molecule has 0 saturated carbocycles. The number of rotatable bonds is 5. The van der Waals surface area contributed by atoms with Crippen molar-refractivity contribution >= 4 is 16.9 Å². The second-order valence-electron chi connectivity index (χ2n) is 4.07. The van der Waals surface area contributed by atoms with Crippen molar-refractivity contribution in [3.63, 3.8) is 0 Å². The number of hydrogen-bond acceptors (Lipinski definition) is 4. The summed E-state index contributed by atoms with van der Waals surface area (Å²) in [7, 11) is 0. The van der Waals surface area contributed by atoms with Crippen molar-refractivity contribution in [3.8, 4) is 11.8 Å². The van der Waals surface area contributed by atoms with Crippen LogP contribution in [-0.2, 0) is 4.79 Å². The van der Waals surface area contributed by atoms with Crippen LogP contribution in [0.1, 0.15) is 19.1 Å². The second-order valence-corrected chi connectivity index (χ2v) is 4.07. The molecule has 0 bridgehead atoms. The van der Waals surface area contributed by atoms with Gasteiger partial charge in [0.05, 0.1) is 5.39 Å².